The van der Waals surface area contributed by atoms with Crippen LogP contribution in [0.4, 0.5) is 5.69 Å². The van der Waals surface area contributed by atoms with E-state index in [1.54, 1.807) is 22.7 Å². The van der Waals surface area contributed by atoms with Gasteiger partial charge in [-0.05, 0) is 39.2 Å². The molecular formula is C20H22Cl2N6O2S. The van der Waals surface area contributed by atoms with Gasteiger partial charge in [-0.25, -0.2) is 9.50 Å². The summed E-state index contributed by atoms with van der Waals surface area (Å²) < 4.78 is 1.64. The molecule has 0 saturated carbocycles. The predicted octanol–water partition coefficient (Wildman–Crippen LogP) is 3.80. The molecule has 11 heteroatoms. The number of nitrogens with zero attached hydrogens (tertiary/aromatic N) is 5. The Balaban J connectivity index is 1.76. The number of anilines is 1. The first-order valence-corrected chi connectivity index (χ1v) is 11.5. The highest BCUT2D eigenvalue weighted by molar-refractivity contribution is 7.98. The minimum Gasteiger partial charge on any atom is -0.333 e. The second kappa shape index (κ2) is 9.84. The van der Waals surface area contributed by atoms with Crippen LogP contribution in [0.25, 0.3) is 5.78 Å². The van der Waals surface area contributed by atoms with Crippen molar-refractivity contribution in [3.05, 3.63) is 45.2 Å². The summed E-state index contributed by atoms with van der Waals surface area (Å²) in [6, 6.07) is 4.95. The summed E-state index contributed by atoms with van der Waals surface area (Å²) in [6.45, 7) is 5.79. The summed E-state index contributed by atoms with van der Waals surface area (Å²) in [5.41, 5.74) is 2.60. The monoisotopic (exact) mass is 480 g/mol. The average Bonchev–Trinajstić information content (AvgIpc) is 3.15. The van der Waals surface area contributed by atoms with Crippen LogP contribution < -0.4 is 5.32 Å². The van der Waals surface area contributed by atoms with Crippen LogP contribution in [0.5, 0.6) is 0 Å². The number of hydrogen-bond acceptors (Lipinski definition) is 6. The molecule has 0 aliphatic rings. The third-order valence-corrected chi connectivity index (χ3v) is 6.00. The molecule has 0 aliphatic carbocycles. The highest BCUT2D eigenvalue weighted by atomic mass is 35.5. The van der Waals surface area contributed by atoms with Crippen molar-refractivity contribution in [1.29, 1.82) is 0 Å². The summed E-state index contributed by atoms with van der Waals surface area (Å²) in [7, 11) is 0. The Morgan fingerprint density at radius 1 is 1.19 bits per heavy atom. The number of halogens is 2. The van der Waals surface area contributed by atoms with Gasteiger partial charge in [0, 0.05) is 23.5 Å². The van der Waals surface area contributed by atoms with Gasteiger partial charge >= 0.3 is 0 Å². The number of para-hydroxylation sites is 1. The van der Waals surface area contributed by atoms with E-state index in [0.717, 1.165) is 11.3 Å². The van der Waals surface area contributed by atoms with E-state index in [1.165, 1.54) is 16.7 Å². The first kappa shape index (κ1) is 23.3. The molecule has 0 unspecified atom stereocenters. The highest BCUT2D eigenvalue weighted by Gasteiger charge is 2.21. The number of hydrogen-bond donors (Lipinski definition) is 1. The summed E-state index contributed by atoms with van der Waals surface area (Å²) in [4.78, 5) is 35.8. The lowest BCUT2D eigenvalue weighted by Gasteiger charge is -2.21. The molecule has 0 fully saturated rings. The van der Waals surface area contributed by atoms with Crippen LogP contribution in [0.3, 0.4) is 0 Å². The molecule has 0 atom stereocenters. The number of thioether (sulfide) groups is 1. The molecule has 0 bridgehead atoms. The normalized spacial score (nSPS) is 11.0. The standard InChI is InChI=1S/C20H22Cl2N6O2S/c1-5-27(10-16(29)24-18-14(21)7-6-8-15(18)22)17(30)9-13-11(2)23-19-25-20(31-4)26-28(19)12(13)3/h6-8H,5,9-10H2,1-4H3,(H,24,29). The molecule has 2 aromatic heterocycles. The van der Waals surface area contributed by atoms with Crippen LogP contribution in [0, 0.1) is 13.8 Å². The quantitative estimate of drug-likeness (QED) is 0.516. The summed E-state index contributed by atoms with van der Waals surface area (Å²) in [5, 5.41) is 8.37. The summed E-state index contributed by atoms with van der Waals surface area (Å²) >= 11 is 13.6. The molecule has 3 aromatic rings. The third-order valence-electron chi connectivity index (χ3n) is 4.84. The number of carbonyl (C=O) groups is 2. The molecule has 0 aliphatic heterocycles. The Morgan fingerprint density at radius 3 is 2.48 bits per heavy atom. The number of aryl methyl sites for hydroxylation is 2. The number of fused-ring (bicyclic) bond motifs is 1. The van der Waals surface area contributed by atoms with E-state index in [9.17, 15) is 9.59 Å². The first-order chi connectivity index (χ1) is 14.7. The maximum absolute atomic E-state index is 13.0. The first-order valence-electron chi connectivity index (χ1n) is 9.53. The molecular weight excluding hydrogens is 459 g/mol. The second-order valence-electron chi connectivity index (χ2n) is 6.80. The van der Waals surface area contributed by atoms with Gasteiger partial charge in [0.25, 0.3) is 5.78 Å². The number of carbonyl (C=O) groups excluding carboxylic acids is 2. The Kier molecular flexibility index (Phi) is 7.40. The zero-order valence-electron chi connectivity index (χ0n) is 17.6. The number of rotatable bonds is 7. The fourth-order valence-electron chi connectivity index (χ4n) is 3.14. The zero-order chi connectivity index (χ0) is 22.7. The van der Waals surface area contributed by atoms with Gasteiger partial charge < -0.3 is 10.2 Å². The molecule has 0 radical (unpaired) electrons. The topological polar surface area (TPSA) is 92.5 Å². The van der Waals surface area contributed by atoms with E-state index in [1.807, 2.05) is 27.0 Å². The lowest BCUT2D eigenvalue weighted by atomic mass is 10.1. The molecule has 3 rings (SSSR count). The molecule has 1 N–H and O–H groups in total. The maximum Gasteiger partial charge on any atom is 0.253 e. The lowest BCUT2D eigenvalue weighted by molar-refractivity contribution is -0.133. The second-order valence-corrected chi connectivity index (χ2v) is 8.39. The molecule has 2 heterocycles. The van der Waals surface area contributed by atoms with Crippen molar-refractivity contribution in [2.75, 3.05) is 24.7 Å². The summed E-state index contributed by atoms with van der Waals surface area (Å²) in [5.74, 6) is -0.0764. The van der Waals surface area contributed by atoms with E-state index in [0.29, 0.717) is 38.9 Å². The van der Waals surface area contributed by atoms with E-state index >= 15 is 0 Å². The van der Waals surface area contributed by atoms with Crippen molar-refractivity contribution < 1.29 is 9.59 Å². The van der Waals surface area contributed by atoms with Gasteiger partial charge in [-0.3, -0.25) is 9.59 Å². The molecule has 31 heavy (non-hydrogen) atoms. The van der Waals surface area contributed by atoms with Crippen LogP contribution in [0.2, 0.25) is 10.0 Å². The molecule has 8 nitrogen and oxygen atoms in total. The van der Waals surface area contributed by atoms with Gasteiger partial charge in [-0.2, -0.15) is 4.98 Å². The van der Waals surface area contributed by atoms with Crippen molar-refractivity contribution in [2.24, 2.45) is 0 Å². The van der Waals surface area contributed by atoms with Crippen molar-refractivity contribution in [3.63, 3.8) is 0 Å². The molecule has 0 saturated heterocycles. The van der Waals surface area contributed by atoms with Crippen LogP contribution >= 0.6 is 35.0 Å². The van der Waals surface area contributed by atoms with Gasteiger partial charge in [0.2, 0.25) is 17.0 Å². The fraction of sp³-hybridized carbons (Fsp3) is 0.350. The number of amides is 2. The number of nitrogens with one attached hydrogen (secondary N) is 1. The van der Waals surface area contributed by atoms with Crippen molar-refractivity contribution >= 4 is 58.2 Å². The SMILES string of the molecule is CCN(CC(=O)Nc1c(Cl)cccc1Cl)C(=O)Cc1c(C)nc2nc(SC)nn2c1C. The Morgan fingerprint density at radius 2 is 1.87 bits per heavy atom. The van der Waals surface area contributed by atoms with E-state index < -0.39 is 0 Å². The fourth-order valence-corrected chi connectivity index (χ4v) is 3.97. The highest BCUT2D eigenvalue weighted by Crippen LogP contribution is 2.29. The third kappa shape index (κ3) is 5.11. The molecule has 1 aromatic carbocycles. The van der Waals surface area contributed by atoms with Crippen LogP contribution in [0.1, 0.15) is 23.9 Å². The molecule has 164 valence electrons. The Bertz CT molecular complexity index is 1130. The smallest absolute Gasteiger partial charge is 0.253 e. The van der Waals surface area contributed by atoms with Crippen molar-refractivity contribution in [1.82, 2.24) is 24.5 Å². The minimum atomic E-state index is -0.381. The van der Waals surface area contributed by atoms with Crippen LogP contribution in [-0.2, 0) is 16.0 Å². The zero-order valence-corrected chi connectivity index (χ0v) is 19.9. The maximum atomic E-state index is 13.0. The Labute approximate surface area is 194 Å². The van der Waals surface area contributed by atoms with E-state index in [4.69, 9.17) is 23.2 Å². The summed E-state index contributed by atoms with van der Waals surface area (Å²) in [6.07, 6.45) is 1.99. The minimum absolute atomic E-state index is 0.100. The van der Waals surface area contributed by atoms with Crippen LogP contribution in [0.15, 0.2) is 23.4 Å². The predicted molar refractivity (Wildman–Crippen MR) is 123 cm³/mol. The van der Waals surface area contributed by atoms with Gasteiger partial charge in [0.15, 0.2) is 0 Å². The largest absolute Gasteiger partial charge is 0.333 e. The molecule has 2 amide bonds. The average molecular weight is 481 g/mol. The number of likely N-dealkylation sites (N-methyl/N-ethyl adjacent to an activating group) is 1. The van der Waals surface area contributed by atoms with Gasteiger partial charge in [0.05, 0.1) is 28.7 Å². The van der Waals surface area contributed by atoms with E-state index in [-0.39, 0.29) is 24.8 Å². The van der Waals surface area contributed by atoms with Gasteiger partial charge in [0.1, 0.15) is 0 Å². The number of benzene rings is 1. The van der Waals surface area contributed by atoms with Crippen LogP contribution in [-0.4, -0.2) is 55.6 Å². The van der Waals surface area contributed by atoms with Gasteiger partial charge in [-0.15, -0.1) is 5.10 Å². The van der Waals surface area contributed by atoms with Crippen molar-refractivity contribution in [2.45, 2.75) is 32.3 Å². The Hall–Kier alpha value is -2.36. The lowest BCUT2D eigenvalue weighted by Crippen LogP contribution is -2.39. The van der Waals surface area contributed by atoms with E-state index in [2.05, 4.69) is 20.4 Å². The molecule has 0 spiro atoms. The van der Waals surface area contributed by atoms with Gasteiger partial charge in [-0.1, -0.05) is 41.0 Å². The number of aromatic nitrogens is 4. The van der Waals surface area contributed by atoms with Crippen molar-refractivity contribution in [3.8, 4) is 0 Å².